The Morgan fingerprint density at radius 1 is 0.435 bits per heavy atom. The maximum Gasteiger partial charge on any atom is 0.417 e. The van der Waals surface area contributed by atoms with Crippen LogP contribution in [0.5, 0.6) is 0 Å². The van der Waals surface area contributed by atoms with Gasteiger partial charge in [-0.25, -0.2) is 0 Å². The van der Waals surface area contributed by atoms with Gasteiger partial charge in [-0.05, 0) is 115 Å². The van der Waals surface area contributed by atoms with Crippen LogP contribution in [0.2, 0.25) is 0 Å². The number of rotatable bonds is 5. The summed E-state index contributed by atoms with van der Waals surface area (Å²) in [6.45, 7) is 8.26. The predicted molar refractivity (Wildman–Crippen MR) is 245 cm³/mol. The summed E-state index contributed by atoms with van der Waals surface area (Å²) in [5.41, 5.74) is 11.9. The van der Waals surface area contributed by atoms with E-state index in [-0.39, 0.29) is 22.3 Å². The molecule has 0 bridgehead atoms. The zero-order valence-electron chi connectivity index (χ0n) is 34.4. The minimum Gasteiger partial charge on any atom is -0.309 e. The van der Waals surface area contributed by atoms with E-state index in [1.165, 1.54) is 12.1 Å². The lowest BCUT2D eigenvalue weighted by Crippen LogP contribution is -2.10. The molecule has 0 unspecified atom stereocenters. The Bertz CT molecular complexity index is 3590. The average molecular weight is 811 g/mol. The lowest BCUT2D eigenvalue weighted by atomic mass is 9.93. The van der Waals surface area contributed by atoms with E-state index in [0.29, 0.717) is 11.4 Å². The number of benzene rings is 8. The lowest BCUT2D eigenvalue weighted by molar-refractivity contribution is -0.137. The fraction of sp³-hybridized carbons (Fsp3) is 0.0909. The summed E-state index contributed by atoms with van der Waals surface area (Å²) in [5.74, 6) is 0. The summed E-state index contributed by atoms with van der Waals surface area (Å²) >= 11 is 0. The van der Waals surface area contributed by atoms with Crippen molar-refractivity contribution in [1.82, 2.24) is 9.13 Å². The van der Waals surface area contributed by atoms with Crippen LogP contribution in [-0.2, 0) is 6.18 Å². The molecule has 7 heteroatoms. The lowest BCUT2D eigenvalue weighted by Gasteiger charge is -2.21. The number of alkyl halides is 3. The first kappa shape index (κ1) is 38.3. The Balaban J connectivity index is 1.34. The molecule has 4 nitrogen and oxygen atoms in total. The fourth-order valence-electron chi connectivity index (χ4n) is 9.41. The molecule has 0 aliphatic carbocycles. The predicted octanol–water partition coefficient (Wildman–Crippen LogP) is 14.9. The van der Waals surface area contributed by atoms with Gasteiger partial charge in [0.05, 0.1) is 56.2 Å². The van der Waals surface area contributed by atoms with Gasteiger partial charge in [-0.2, -0.15) is 23.7 Å². The minimum absolute atomic E-state index is 0.104. The van der Waals surface area contributed by atoms with Gasteiger partial charge < -0.3 is 9.13 Å². The van der Waals surface area contributed by atoms with Crippen LogP contribution in [0.1, 0.15) is 38.9 Å². The van der Waals surface area contributed by atoms with Crippen molar-refractivity contribution in [3.05, 3.63) is 191 Å². The molecule has 2 heterocycles. The number of para-hydroxylation sites is 2. The second-order valence-corrected chi connectivity index (χ2v) is 16.2. The van der Waals surface area contributed by atoms with Crippen LogP contribution in [0.15, 0.2) is 152 Å². The normalized spacial score (nSPS) is 11.8. The molecule has 0 aliphatic heterocycles. The van der Waals surface area contributed by atoms with Crippen LogP contribution in [0.4, 0.5) is 13.2 Å². The molecule has 0 amide bonds. The van der Waals surface area contributed by atoms with E-state index in [4.69, 9.17) is 0 Å². The molecular weight excluding hydrogens is 774 g/mol. The highest BCUT2D eigenvalue weighted by atomic mass is 19.4. The van der Waals surface area contributed by atoms with Crippen molar-refractivity contribution in [2.45, 2.75) is 33.9 Å². The van der Waals surface area contributed by atoms with Crippen LogP contribution >= 0.6 is 0 Å². The third-order valence-electron chi connectivity index (χ3n) is 12.2. The van der Waals surface area contributed by atoms with Crippen molar-refractivity contribution in [3.8, 4) is 56.9 Å². The molecule has 0 atom stereocenters. The fourth-order valence-corrected chi connectivity index (χ4v) is 9.41. The van der Waals surface area contributed by atoms with E-state index in [2.05, 4.69) is 107 Å². The van der Waals surface area contributed by atoms with E-state index < -0.39 is 11.7 Å². The van der Waals surface area contributed by atoms with Gasteiger partial charge in [0.15, 0.2) is 0 Å². The van der Waals surface area contributed by atoms with Gasteiger partial charge in [0.2, 0.25) is 0 Å². The van der Waals surface area contributed by atoms with Crippen molar-refractivity contribution < 1.29 is 13.2 Å². The van der Waals surface area contributed by atoms with Crippen LogP contribution in [0.25, 0.3) is 88.4 Å². The molecule has 0 radical (unpaired) electrons. The van der Waals surface area contributed by atoms with Crippen LogP contribution in [0.3, 0.4) is 0 Å². The zero-order chi connectivity index (χ0) is 43.0. The van der Waals surface area contributed by atoms with E-state index in [1.54, 1.807) is 12.1 Å². The molecule has 10 aromatic rings. The van der Waals surface area contributed by atoms with Crippen molar-refractivity contribution in [2.75, 3.05) is 0 Å². The van der Waals surface area contributed by atoms with Crippen molar-refractivity contribution >= 4 is 43.6 Å². The van der Waals surface area contributed by atoms with E-state index in [0.717, 1.165) is 94.2 Å². The van der Waals surface area contributed by atoms with Crippen molar-refractivity contribution in [3.63, 3.8) is 0 Å². The van der Waals surface area contributed by atoms with E-state index >= 15 is 13.2 Å². The molecule has 0 N–H and O–H groups in total. The Morgan fingerprint density at radius 3 is 1.44 bits per heavy atom. The smallest absolute Gasteiger partial charge is 0.309 e. The van der Waals surface area contributed by atoms with E-state index in [1.807, 2.05) is 63.7 Å². The first-order valence-corrected chi connectivity index (χ1v) is 20.4. The first-order valence-electron chi connectivity index (χ1n) is 20.4. The SMILES string of the molecule is Cc1ccc(-c2ccc3c4ccccc4n(-c4cc(-c5ccc(C#N)cc5C(F)(F)F)c(-n5c6ccccc6c6ccc(-c7ccc(C)cc7C)cc65)cc4C#N)c3c2)c(C)c1. The first-order chi connectivity index (χ1) is 29.9. The molecule has 0 saturated heterocycles. The number of hydrogen-bond donors (Lipinski definition) is 0. The molecule has 8 aromatic carbocycles. The molecule has 0 saturated carbocycles. The molecule has 0 spiro atoms. The summed E-state index contributed by atoms with van der Waals surface area (Å²) in [7, 11) is 0. The topological polar surface area (TPSA) is 57.4 Å². The van der Waals surface area contributed by atoms with Crippen LogP contribution in [-0.4, -0.2) is 9.13 Å². The summed E-state index contributed by atoms with van der Waals surface area (Å²) in [5, 5.41) is 24.7. The molecule has 0 fully saturated rings. The van der Waals surface area contributed by atoms with Gasteiger partial charge in [0, 0.05) is 27.1 Å². The molecule has 62 heavy (non-hydrogen) atoms. The van der Waals surface area contributed by atoms with Gasteiger partial charge in [0.1, 0.15) is 6.07 Å². The van der Waals surface area contributed by atoms with Gasteiger partial charge in [0.25, 0.3) is 0 Å². The highest BCUT2D eigenvalue weighted by Gasteiger charge is 2.35. The largest absolute Gasteiger partial charge is 0.417 e. The highest BCUT2D eigenvalue weighted by Crippen LogP contribution is 2.45. The maximum atomic E-state index is 15.4. The number of aromatic nitrogens is 2. The second-order valence-electron chi connectivity index (χ2n) is 16.2. The summed E-state index contributed by atoms with van der Waals surface area (Å²) in [4.78, 5) is 0. The maximum absolute atomic E-state index is 15.4. The van der Waals surface area contributed by atoms with Crippen LogP contribution in [0, 0.1) is 50.4 Å². The van der Waals surface area contributed by atoms with Crippen molar-refractivity contribution in [1.29, 1.82) is 10.5 Å². The molecule has 0 aliphatic rings. The molecule has 2 aromatic heterocycles. The molecular formula is C55H37F3N4. The quantitative estimate of drug-likeness (QED) is 0.174. The van der Waals surface area contributed by atoms with E-state index in [9.17, 15) is 10.5 Å². The number of nitriles is 2. The van der Waals surface area contributed by atoms with Crippen molar-refractivity contribution in [2.24, 2.45) is 0 Å². The third-order valence-corrected chi connectivity index (χ3v) is 12.2. The minimum atomic E-state index is -4.81. The number of fused-ring (bicyclic) bond motifs is 6. The standard InChI is InChI=1S/C55H37F3N4/c1-32-13-18-40(34(3)23-32)37-16-21-45-43-9-5-7-11-49(43)61(52(45)26-37)51-29-47(42-20-15-36(30-59)25-48(42)55(56,57)58)54(28-39(51)31-60)62-50-12-8-6-10-44(50)46-22-17-38(27-53(46)62)41-19-14-33(2)24-35(41)4/h5-29H,1-4H3. The van der Waals surface area contributed by atoms with Gasteiger partial charge in [-0.15, -0.1) is 0 Å². The highest BCUT2D eigenvalue weighted by molar-refractivity contribution is 6.12. The van der Waals surface area contributed by atoms with Gasteiger partial charge in [-0.3, -0.25) is 0 Å². The van der Waals surface area contributed by atoms with Crippen LogP contribution < -0.4 is 0 Å². The zero-order valence-corrected chi connectivity index (χ0v) is 34.4. The van der Waals surface area contributed by atoms with Gasteiger partial charge >= 0.3 is 6.18 Å². The monoisotopic (exact) mass is 810 g/mol. The Kier molecular flexibility index (Phi) is 8.91. The number of nitrogens with zero attached hydrogens (tertiary/aromatic N) is 4. The molecule has 298 valence electrons. The Hall–Kier alpha value is -7.87. The summed E-state index contributed by atoms with van der Waals surface area (Å²) in [6, 6.07) is 52.4. The number of hydrogen-bond acceptors (Lipinski definition) is 2. The summed E-state index contributed by atoms with van der Waals surface area (Å²) < 4.78 is 50.1. The third kappa shape index (κ3) is 6.13. The van der Waals surface area contributed by atoms with Gasteiger partial charge in [-0.1, -0.05) is 114 Å². The Labute approximate surface area is 356 Å². The summed E-state index contributed by atoms with van der Waals surface area (Å²) in [6.07, 6.45) is -4.81. The Morgan fingerprint density at radius 2 is 0.935 bits per heavy atom. The molecule has 10 rings (SSSR count). The average Bonchev–Trinajstić information content (AvgIpc) is 3.77. The number of halogens is 3. The number of aryl methyl sites for hydroxylation is 4. The second kappa shape index (κ2) is 14.4.